The Bertz CT molecular complexity index is 1620. The van der Waals surface area contributed by atoms with Gasteiger partial charge in [-0.15, -0.1) is 0 Å². The second kappa shape index (κ2) is 13.6. The standard InChI is InChI=1S/C32H37N7O4/c1-5-39-27(21-37(3)20-24-11-9-23(10-12-24)13-14-28(41)42-4)34-29-31(38-15-17-43-18-16-38)35-30(36-32(29)39)25-7-6-8-26(19-25)33-22(2)40/h6-14,19H,5,15-18,20-21H2,1-4H3,(H,33,40). The molecule has 43 heavy (non-hydrogen) atoms. The Morgan fingerprint density at radius 3 is 2.53 bits per heavy atom. The second-order valence-corrected chi connectivity index (χ2v) is 10.4. The number of hydrogen-bond donors (Lipinski definition) is 1. The van der Waals surface area contributed by atoms with Crippen LogP contribution in [0.15, 0.2) is 54.6 Å². The van der Waals surface area contributed by atoms with Crippen LogP contribution in [0, 0.1) is 0 Å². The van der Waals surface area contributed by atoms with E-state index < -0.39 is 0 Å². The van der Waals surface area contributed by atoms with E-state index in [0.29, 0.717) is 37.8 Å². The van der Waals surface area contributed by atoms with Crippen LogP contribution < -0.4 is 10.2 Å². The SMILES string of the molecule is CCn1c(CN(C)Cc2ccc(C=CC(=O)OC)cc2)nc2c(N3CCOCC3)nc(-c3cccc(NC(C)=O)c3)nc21. The minimum atomic E-state index is -0.380. The molecular weight excluding hydrogens is 546 g/mol. The molecule has 0 saturated carbocycles. The first kappa shape index (κ1) is 29.9. The molecule has 2 aromatic heterocycles. The molecule has 11 heteroatoms. The molecule has 1 amide bonds. The number of rotatable bonds is 10. The van der Waals surface area contributed by atoms with Crippen molar-refractivity contribution in [1.82, 2.24) is 24.4 Å². The zero-order valence-corrected chi connectivity index (χ0v) is 25.0. The van der Waals surface area contributed by atoms with E-state index >= 15 is 0 Å². The third kappa shape index (κ3) is 7.25. The smallest absolute Gasteiger partial charge is 0.330 e. The summed E-state index contributed by atoms with van der Waals surface area (Å²) in [6.07, 6.45) is 3.15. The molecule has 1 aliphatic heterocycles. The molecule has 1 saturated heterocycles. The van der Waals surface area contributed by atoms with Gasteiger partial charge in [0.25, 0.3) is 0 Å². The fraction of sp³-hybridized carbons (Fsp3) is 0.344. The van der Waals surface area contributed by atoms with E-state index in [1.54, 1.807) is 6.08 Å². The van der Waals surface area contributed by atoms with Crippen LogP contribution in [-0.4, -0.2) is 76.8 Å². The van der Waals surface area contributed by atoms with Gasteiger partial charge >= 0.3 is 5.97 Å². The Labute approximate surface area is 251 Å². The molecule has 1 aliphatic rings. The van der Waals surface area contributed by atoms with Crippen molar-refractivity contribution in [2.75, 3.05) is 50.7 Å². The van der Waals surface area contributed by atoms with Gasteiger partial charge in [0.1, 0.15) is 5.82 Å². The van der Waals surface area contributed by atoms with Crippen LogP contribution in [-0.2, 0) is 38.7 Å². The molecule has 0 unspecified atom stereocenters. The molecule has 1 fully saturated rings. The van der Waals surface area contributed by atoms with Crippen molar-refractivity contribution in [3.63, 3.8) is 0 Å². The Hall–Kier alpha value is -4.61. The highest BCUT2D eigenvalue weighted by Crippen LogP contribution is 2.30. The number of benzene rings is 2. The average molecular weight is 584 g/mol. The summed E-state index contributed by atoms with van der Waals surface area (Å²) in [5.74, 6) is 1.77. The fourth-order valence-electron chi connectivity index (χ4n) is 5.12. The van der Waals surface area contributed by atoms with E-state index in [2.05, 4.69) is 50.5 Å². The number of methoxy groups -OCH3 is 1. The molecular formula is C32H37N7O4. The number of fused-ring (bicyclic) bond motifs is 1. The van der Waals surface area contributed by atoms with Gasteiger partial charge in [-0.3, -0.25) is 9.69 Å². The topological polar surface area (TPSA) is 115 Å². The molecule has 2 aromatic carbocycles. The number of carbonyl (C=O) groups excluding carboxylic acids is 2. The summed E-state index contributed by atoms with van der Waals surface area (Å²) < 4.78 is 12.4. The first-order valence-corrected chi connectivity index (χ1v) is 14.4. The van der Waals surface area contributed by atoms with Crippen LogP contribution in [0.1, 0.15) is 30.8 Å². The van der Waals surface area contributed by atoms with Crippen LogP contribution in [0.2, 0.25) is 0 Å². The zero-order chi connectivity index (χ0) is 30.3. The second-order valence-electron chi connectivity index (χ2n) is 10.4. The first-order valence-electron chi connectivity index (χ1n) is 14.4. The van der Waals surface area contributed by atoms with Crippen molar-refractivity contribution >= 4 is 40.6 Å². The summed E-state index contributed by atoms with van der Waals surface area (Å²) in [5.41, 5.74) is 5.14. The molecule has 0 radical (unpaired) electrons. The zero-order valence-electron chi connectivity index (χ0n) is 25.0. The summed E-state index contributed by atoms with van der Waals surface area (Å²) in [6.45, 7) is 8.31. The molecule has 4 aromatic rings. The van der Waals surface area contributed by atoms with E-state index in [-0.39, 0.29) is 11.9 Å². The van der Waals surface area contributed by atoms with Crippen molar-refractivity contribution in [1.29, 1.82) is 0 Å². The van der Waals surface area contributed by atoms with Gasteiger partial charge in [-0.25, -0.2) is 19.7 Å². The summed E-state index contributed by atoms with van der Waals surface area (Å²) >= 11 is 0. The van der Waals surface area contributed by atoms with Gasteiger partial charge in [0.2, 0.25) is 5.91 Å². The van der Waals surface area contributed by atoms with Gasteiger partial charge in [-0.2, -0.15) is 0 Å². The molecule has 0 aliphatic carbocycles. The normalized spacial score (nSPS) is 13.7. The van der Waals surface area contributed by atoms with E-state index in [0.717, 1.165) is 59.1 Å². The van der Waals surface area contributed by atoms with Crippen LogP contribution in [0.25, 0.3) is 28.6 Å². The highest BCUT2D eigenvalue weighted by atomic mass is 16.5. The van der Waals surface area contributed by atoms with E-state index in [4.69, 9.17) is 19.7 Å². The van der Waals surface area contributed by atoms with E-state index in [9.17, 15) is 9.59 Å². The largest absolute Gasteiger partial charge is 0.466 e. The Balaban J connectivity index is 1.45. The lowest BCUT2D eigenvalue weighted by molar-refractivity contribution is -0.134. The number of amides is 1. The lowest BCUT2D eigenvalue weighted by Crippen LogP contribution is -2.37. The Morgan fingerprint density at radius 1 is 1.07 bits per heavy atom. The van der Waals surface area contributed by atoms with Gasteiger partial charge in [0.05, 0.1) is 26.9 Å². The Kier molecular flexibility index (Phi) is 9.43. The quantitative estimate of drug-likeness (QED) is 0.217. The summed E-state index contributed by atoms with van der Waals surface area (Å²) in [7, 11) is 3.43. The molecule has 5 rings (SSSR count). The van der Waals surface area contributed by atoms with Crippen LogP contribution in [0.5, 0.6) is 0 Å². The molecule has 3 heterocycles. The number of carbonyl (C=O) groups is 2. The number of aromatic nitrogens is 4. The van der Waals surface area contributed by atoms with Crippen LogP contribution in [0.3, 0.4) is 0 Å². The van der Waals surface area contributed by atoms with Crippen molar-refractivity contribution in [3.05, 3.63) is 71.6 Å². The van der Waals surface area contributed by atoms with E-state index in [1.165, 1.54) is 20.1 Å². The molecule has 0 spiro atoms. The maximum Gasteiger partial charge on any atom is 0.330 e. The van der Waals surface area contributed by atoms with Gasteiger partial charge in [0, 0.05) is 50.4 Å². The van der Waals surface area contributed by atoms with Crippen molar-refractivity contribution < 1.29 is 19.1 Å². The molecule has 0 atom stereocenters. The molecule has 224 valence electrons. The van der Waals surface area contributed by atoms with Gasteiger partial charge in [-0.05, 0) is 43.3 Å². The van der Waals surface area contributed by atoms with Gasteiger partial charge < -0.3 is 24.3 Å². The van der Waals surface area contributed by atoms with Crippen molar-refractivity contribution in [2.45, 2.75) is 33.5 Å². The number of nitrogens with zero attached hydrogens (tertiary/aromatic N) is 6. The molecule has 11 nitrogen and oxygen atoms in total. The minimum Gasteiger partial charge on any atom is -0.466 e. The number of hydrogen-bond acceptors (Lipinski definition) is 9. The van der Waals surface area contributed by atoms with Crippen molar-refractivity contribution in [3.8, 4) is 11.4 Å². The average Bonchev–Trinajstić information content (AvgIpc) is 3.36. The number of aryl methyl sites for hydroxylation is 1. The molecule has 1 N–H and O–H groups in total. The Morgan fingerprint density at radius 2 is 1.84 bits per heavy atom. The summed E-state index contributed by atoms with van der Waals surface area (Å²) in [4.78, 5) is 42.6. The fourth-order valence-corrected chi connectivity index (χ4v) is 5.12. The molecule has 0 bridgehead atoms. The predicted molar refractivity (Wildman–Crippen MR) is 166 cm³/mol. The number of nitrogens with one attached hydrogen (secondary N) is 1. The lowest BCUT2D eigenvalue weighted by atomic mass is 10.1. The number of esters is 1. The predicted octanol–water partition coefficient (Wildman–Crippen LogP) is 4.13. The third-order valence-corrected chi connectivity index (χ3v) is 7.18. The van der Waals surface area contributed by atoms with Gasteiger partial charge in [0.15, 0.2) is 22.8 Å². The maximum atomic E-state index is 11.7. The third-order valence-electron chi connectivity index (χ3n) is 7.18. The number of anilines is 2. The highest BCUT2D eigenvalue weighted by Gasteiger charge is 2.23. The summed E-state index contributed by atoms with van der Waals surface area (Å²) in [5, 5.41) is 2.85. The first-order chi connectivity index (χ1) is 20.8. The van der Waals surface area contributed by atoms with Gasteiger partial charge in [-0.1, -0.05) is 36.4 Å². The lowest BCUT2D eigenvalue weighted by Gasteiger charge is -2.28. The maximum absolute atomic E-state index is 11.7. The highest BCUT2D eigenvalue weighted by molar-refractivity contribution is 5.90. The van der Waals surface area contributed by atoms with Crippen LogP contribution in [0.4, 0.5) is 11.5 Å². The van der Waals surface area contributed by atoms with Crippen LogP contribution >= 0.6 is 0 Å². The number of ether oxygens (including phenoxy) is 2. The van der Waals surface area contributed by atoms with E-state index in [1.807, 2.05) is 36.4 Å². The number of morpholine rings is 1. The van der Waals surface area contributed by atoms with Crippen molar-refractivity contribution in [2.24, 2.45) is 0 Å². The minimum absolute atomic E-state index is 0.133. The monoisotopic (exact) mass is 583 g/mol. The summed E-state index contributed by atoms with van der Waals surface area (Å²) in [6, 6.07) is 15.7. The number of imidazole rings is 1.